The Bertz CT molecular complexity index is 1400. The van der Waals surface area contributed by atoms with Crippen LogP contribution >= 0.6 is 19.2 Å². The molecule has 0 bridgehead atoms. The van der Waals surface area contributed by atoms with Gasteiger partial charge in [-0.15, -0.1) is 11.3 Å². The third-order valence-electron chi connectivity index (χ3n) is 5.63. The predicted octanol–water partition coefficient (Wildman–Crippen LogP) is 5.22. The SMILES string of the molecule is CC.C[C@@H](c1nc(-c2ccc(C#N)cc2)cs1)[C@@](Cn1cncn1)(OCOP(=O)(O)O)c1ccccc1F. The summed E-state index contributed by atoms with van der Waals surface area (Å²) in [4.78, 5) is 27.1. The quantitative estimate of drug-likeness (QED) is 0.197. The molecule has 0 unspecified atom stereocenters. The average Bonchev–Trinajstić information content (AvgIpc) is 3.61. The summed E-state index contributed by atoms with van der Waals surface area (Å²) in [6, 6.07) is 15.0. The van der Waals surface area contributed by atoms with Gasteiger partial charge in [0.15, 0.2) is 6.79 Å². The summed E-state index contributed by atoms with van der Waals surface area (Å²) in [6.45, 7) is 4.92. The third kappa shape index (κ3) is 6.96. The van der Waals surface area contributed by atoms with Crippen molar-refractivity contribution in [3.05, 3.63) is 88.5 Å². The number of ether oxygens (including phenoxy) is 1. The van der Waals surface area contributed by atoms with Gasteiger partial charge in [-0.25, -0.2) is 23.6 Å². The normalized spacial score (nSPS) is 13.6. The third-order valence-corrected chi connectivity index (χ3v) is 7.10. The molecule has 0 fully saturated rings. The molecule has 4 rings (SSSR count). The lowest BCUT2D eigenvalue weighted by atomic mass is 9.81. The van der Waals surface area contributed by atoms with E-state index in [2.05, 4.69) is 20.7 Å². The average molecular weight is 560 g/mol. The Balaban J connectivity index is 0.00000195. The second-order valence-corrected chi connectivity index (χ2v) is 9.96. The predicted molar refractivity (Wildman–Crippen MR) is 139 cm³/mol. The van der Waals surface area contributed by atoms with E-state index in [1.165, 1.54) is 46.9 Å². The first-order chi connectivity index (χ1) is 18.2. The van der Waals surface area contributed by atoms with Crippen molar-refractivity contribution >= 4 is 19.2 Å². The minimum atomic E-state index is -4.86. The van der Waals surface area contributed by atoms with Crippen LogP contribution in [0.25, 0.3) is 11.3 Å². The topological polar surface area (TPSA) is 143 Å². The van der Waals surface area contributed by atoms with Crippen molar-refractivity contribution < 1.29 is 28.0 Å². The number of nitriles is 1. The molecule has 2 N–H and O–H groups in total. The fourth-order valence-electron chi connectivity index (χ4n) is 3.80. The first kappa shape index (κ1) is 29.3. The van der Waals surface area contributed by atoms with Crippen LogP contribution in [-0.2, 0) is 26.0 Å². The highest BCUT2D eigenvalue weighted by Crippen LogP contribution is 2.45. The molecule has 0 aliphatic rings. The van der Waals surface area contributed by atoms with Crippen LogP contribution in [0, 0.1) is 17.1 Å². The molecule has 0 aliphatic heterocycles. The number of halogens is 1. The second-order valence-electron chi connectivity index (χ2n) is 7.83. The maximum absolute atomic E-state index is 15.2. The van der Waals surface area contributed by atoms with Gasteiger partial charge in [0.25, 0.3) is 0 Å². The van der Waals surface area contributed by atoms with E-state index in [4.69, 9.17) is 15.0 Å². The Labute approximate surface area is 223 Å². The summed E-state index contributed by atoms with van der Waals surface area (Å²) in [7, 11) is -4.86. The molecule has 2 heterocycles. The lowest BCUT2D eigenvalue weighted by molar-refractivity contribution is -0.140. The van der Waals surface area contributed by atoms with Gasteiger partial charge >= 0.3 is 7.82 Å². The molecule has 0 spiro atoms. The summed E-state index contributed by atoms with van der Waals surface area (Å²) in [5, 5.41) is 15.6. The fourth-order valence-corrected chi connectivity index (χ4v) is 4.95. The van der Waals surface area contributed by atoms with Crippen LogP contribution in [0.15, 0.2) is 66.6 Å². The fraction of sp³-hybridized carbons (Fsp3) is 0.280. The van der Waals surface area contributed by atoms with E-state index in [0.29, 0.717) is 16.3 Å². The number of aromatic nitrogens is 4. The first-order valence-electron chi connectivity index (χ1n) is 11.6. The summed E-state index contributed by atoms with van der Waals surface area (Å²) in [6.07, 6.45) is 2.74. The monoisotopic (exact) mass is 559 g/mol. The van der Waals surface area contributed by atoms with Crippen LogP contribution in [0.3, 0.4) is 0 Å². The van der Waals surface area contributed by atoms with Crippen LogP contribution in [0.2, 0.25) is 0 Å². The van der Waals surface area contributed by atoms with Crippen LogP contribution < -0.4 is 0 Å². The zero-order chi connectivity index (χ0) is 27.8. The molecule has 0 saturated carbocycles. The van der Waals surface area contributed by atoms with Gasteiger partial charge in [0.1, 0.15) is 24.1 Å². The highest BCUT2D eigenvalue weighted by molar-refractivity contribution is 7.46. The van der Waals surface area contributed by atoms with Gasteiger partial charge < -0.3 is 14.5 Å². The van der Waals surface area contributed by atoms with E-state index in [1.54, 1.807) is 37.3 Å². The number of hydrogen-bond acceptors (Lipinski definition) is 8. The van der Waals surface area contributed by atoms with E-state index in [0.717, 1.165) is 5.56 Å². The van der Waals surface area contributed by atoms with Crippen molar-refractivity contribution in [2.24, 2.45) is 0 Å². The maximum Gasteiger partial charge on any atom is 0.471 e. The van der Waals surface area contributed by atoms with Gasteiger partial charge in [0.2, 0.25) is 0 Å². The molecule has 38 heavy (non-hydrogen) atoms. The van der Waals surface area contributed by atoms with E-state index >= 15 is 4.39 Å². The molecule has 2 aromatic heterocycles. The number of rotatable bonds is 10. The van der Waals surface area contributed by atoms with Crippen molar-refractivity contribution in [1.82, 2.24) is 19.7 Å². The number of thiazole rings is 1. The van der Waals surface area contributed by atoms with E-state index in [9.17, 15) is 14.4 Å². The van der Waals surface area contributed by atoms with Crippen LogP contribution in [0.4, 0.5) is 4.39 Å². The molecule has 200 valence electrons. The van der Waals surface area contributed by atoms with Gasteiger partial charge in [0, 0.05) is 22.4 Å². The van der Waals surface area contributed by atoms with Gasteiger partial charge in [-0.3, -0.25) is 4.52 Å². The van der Waals surface area contributed by atoms with Crippen molar-refractivity contribution in [2.75, 3.05) is 6.79 Å². The Morgan fingerprint density at radius 3 is 2.53 bits per heavy atom. The number of benzene rings is 2. The van der Waals surface area contributed by atoms with Crippen molar-refractivity contribution in [3.63, 3.8) is 0 Å². The van der Waals surface area contributed by atoms with Crippen LogP contribution in [-0.4, -0.2) is 36.3 Å². The van der Waals surface area contributed by atoms with Crippen molar-refractivity contribution in [1.29, 1.82) is 5.26 Å². The van der Waals surface area contributed by atoms with E-state index in [1.807, 2.05) is 19.2 Å². The Morgan fingerprint density at radius 2 is 1.92 bits per heavy atom. The summed E-state index contributed by atoms with van der Waals surface area (Å²) in [5.41, 5.74) is 0.571. The van der Waals surface area contributed by atoms with Crippen LogP contribution in [0.5, 0.6) is 0 Å². The summed E-state index contributed by atoms with van der Waals surface area (Å²) in [5.74, 6) is -1.21. The largest absolute Gasteiger partial charge is 0.471 e. The highest BCUT2D eigenvalue weighted by atomic mass is 32.1. The molecule has 4 aromatic rings. The molecule has 2 aromatic carbocycles. The maximum atomic E-state index is 15.2. The summed E-state index contributed by atoms with van der Waals surface area (Å²) >= 11 is 1.32. The molecule has 0 amide bonds. The molecule has 10 nitrogen and oxygen atoms in total. The smallest absolute Gasteiger partial charge is 0.341 e. The zero-order valence-corrected chi connectivity index (χ0v) is 22.6. The first-order valence-corrected chi connectivity index (χ1v) is 14.0. The Kier molecular flexibility index (Phi) is 9.99. The Hall–Kier alpha value is -3.30. The number of phosphoric acid groups is 1. The zero-order valence-electron chi connectivity index (χ0n) is 20.9. The number of hydrogen-bond donors (Lipinski definition) is 2. The Morgan fingerprint density at radius 1 is 1.21 bits per heavy atom. The van der Waals surface area contributed by atoms with Gasteiger partial charge in [0.05, 0.1) is 28.9 Å². The molecule has 0 radical (unpaired) electrons. The van der Waals surface area contributed by atoms with Gasteiger partial charge in [-0.05, 0) is 18.2 Å². The lowest BCUT2D eigenvalue weighted by Gasteiger charge is -2.38. The minimum Gasteiger partial charge on any atom is -0.341 e. The van der Waals surface area contributed by atoms with E-state index in [-0.39, 0.29) is 12.1 Å². The second kappa shape index (κ2) is 13.0. The van der Waals surface area contributed by atoms with Crippen molar-refractivity contribution in [2.45, 2.75) is 38.8 Å². The standard InChI is InChI=1S/C23H21FN5O5PS.C2H6/c1-16(22-28-21(11-36-22)18-8-6-17(10-25)7-9-18)23(12-29-14-26-13-27-29,33-15-34-35(30,31)32)19-4-2-3-5-20(19)24;1-2/h2-9,11,13-14,16H,12,15H2,1H3,(H2,30,31,32);1-2H3/t16-,23+;/m0./s1. The number of nitrogens with zero attached hydrogens (tertiary/aromatic N) is 5. The van der Waals surface area contributed by atoms with Crippen molar-refractivity contribution in [3.8, 4) is 17.3 Å². The van der Waals surface area contributed by atoms with Crippen LogP contribution in [0.1, 0.15) is 42.8 Å². The number of phosphoric ester groups is 1. The molecule has 0 saturated heterocycles. The lowest BCUT2D eigenvalue weighted by Crippen LogP contribution is -2.41. The molecule has 0 aliphatic carbocycles. The highest BCUT2D eigenvalue weighted by Gasteiger charge is 2.45. The molecule has 13 heteroatoms. The molecular weight excluding hydrogens is 532 g/mol. The molecular formula is C25H27FN5O5PS. The van der Waals surface area contributed by atoms with E-state index < -0.39 is 32.0 Å². The summed E-state index contributed by atoms with van der Waals surface area (Å²) < 4.78 is 38.6. The molecule has 2 atom stereocenters. The van der Waals surface area contributed by atoms with Gasteiger partial charge in [-0.2, -0.15) is 10.4 Å². The van der Waals surface area contributed by atoms with Gasteiger partial charge in [-0.1, -0.05) is 51.1 Å². The minimum absolute atomic E-state index is 0.0502.